The standard InChI is InChI=1S/C23H23NO5/c1-26-21-13-7-8-14-22(21)29-17-23(25)24-19-11-5-6-12-20(19)28-16-15-27-18-9-3-2-4-10-18/h2-14H,15-17H2,1H3,(H,24,25). The minimum Gasteiger partial charge on any atom is -0.493 e. The van der Waals surface area contributed by atoms with Gasteiger partial charge in [0.05, 0.1) is 12.8 Å². The predicted octanol–water partition coefficient (Wildman–Crippen LogP) is 4.17. The highest BCUT2D eigenvalue weighted by atomic mass is 16.5. The van der Waals surface area contributed by atoms with Gasteiger partial charge in [0.25, 0.3) is 5.91 Å². The summed E-state index contributed by atoms with van der Waals surface area (Å²) >= 11 is 0. The summed E-state index contributed by atoms with van der Waals surface area (Å²) in [5.41, 5.74) is 0.570. The van der Waals surface area contributed by atoms with Gasteiger partial charge < -0.3 is 24.3 Å². The van der Waals surface area contributed by atoms with Crippen molar-refractivity contribution in [1.82, 2.24) is 0 Å². The Balaban J connectivity index is 1.49. The second-order valence-electron chi connectivity index (χ2n) is 5.99. The molecule has 0 aliphatic heterocycles. The summed E-state index contributed by atoms with van der Waals surface area (Å²) in [6, 6.07) is 23.9. The monoisotopic (exact) mass is 393 g/mol. The molecule has 0 radical (unpaired) electrons. The van der Waals surface area contributed by atoms with Crippen LogP contribution in [0.15, 0.2) is 78.9 Å². The van der Waals surface area contributed by atoms with Gasteiger partial charge in [-0.2, -0.15) is 0 Å². The second-order valence-corrected chi connectivity index (χ2v) is 5.99. The van der Waals surface area contributed by atoms with E-state index in [1.807, 2.05) is 54.6 Å². The first-order valence-corrected chi connectivity index (χ1v) is 9.21. The number of carbonyl (C=O) groups is 1. The van der Waals surface area contributed by atoms with Crippen LogP contribution in [0.2, 0.25) is 0 Å². The molecule has 3 rings (SSSR count). The fraction of sp³-hybridized carbons (Fsp3) is 0.174. The van der Waals surface area contributed by atoms with Gasteiger partial charge in [0.15, 0.2) is 18.1 Å². The lowest BCUT2D eigenvalue weighted by Gasteiger charge is -2.14. The van der Waals surface area contributed by atoms with Crippen LogP contribution < -0.4 is 24.3 Å². The third-order valence-electron chi connectivity index (χ3n) is 3.94. The Morgan fingerprint density at radius 2 is 1.34 bits per heavy atom. The van der Waals surface area contributed by atoms with E-state index in [0.717, 1.165) is 5.75 Å². The van der Waals surface area contributed by atoms with E-state index in [1.54, 1.807) is 31.4 Å². The van der Waals surface area contributed by atoms with Crippen LogP contribution in [-0.4, -0.2) is 32.8 Å². The molecule has 3 aromatic rings. The largest absolute Gasteiger partial charge is 0.493 e. The zero-order chi connectivity index (χ0) is 20.3. The number of ether oxygens (including phenoxy) is 4. The molecule has 29 heavy (non-hydrogen) atoms. The van der Waals surface area contributed by atoms with Crippen LogP contribution in [0, 0.1) is 0 Å². The molecule has 1 amide bonds. The highest BCUT2D eigenvalue weighted by Crippen LogP contribution is 2.26. The minimum absolute atomic E-state index is 0.147. The molecule has 0 atom stereocenters. The summed E-state index contributed by atoms with van der Waals surface area (Å²) in [6.07, 6.45) is 0. The Bertz CT molecular complexity index is 914. The Morgan fingerprint density at radius 3 is 2.10 bits per heavy atom. The summed E-state index contributed by atoms with van der Waals surface area (Å²) in [5, 5.41) is 2.81. The summed E-state index contributed by atoms with van der Waals surface area (Å²) in [4.78, 5) is 12.3. The SMILES string of the molecule is COc1ccccc1OCC(=O)Nc1ccccc1OCCOc1ccccc1. The molecule has 0 aliphatic carbocycles. The topological polar surface area (TPSA) is 66.0 Å². The first-order chi connectivity index (χ1) is 14.3. The van der Waals surface area contributed by atoms with Crippen molar-refractivity contribution in [2.24, 2.45) is 0 Å². The number of hydrogen-bond acceptors (Lipinski definition) is 5. The van der Waals surface area contributed by atoms with Crippen LogP contribution in [-0.2, 0) is 4.79 Å². The van der Waals surface area contributed by atoms with Crippen LogP contribution >= 0.6 is 0 Å². The number of methoxy groups -OCH3 is 1. The Morgan fingerprint density at radius 1 is 0.724 bits per heavy atom. The fourth-order valence-electron chi connectivity index (χ4n) is 2.59. The van der Waals surface area contributed by atoms with E-state index in [4.69, 9.17) is 18.9 Å². The molecule has 150 valence electrons. The van der Waals surface area contributed by atoms with Gasteiger partial charge in [-0.15, -0.1) is 0 Å². The third-order valence-corrected chi connectivity index (χ3v) is 3.94. The first-order valence-electron chi connectivity index (χ1n) is 9.21. The maximum atomic E-state index is 12.3. The minimum atomic E-state index is -0.299. The molecular weight excluding hydrogens is 370 g/mol. The van der Waals surface area contributed by atoms with Crippen molar-refractivity contribution in [3.8, 4) is 23.0 Å². The molecule has 0 fully saturated rings. The lowest BCUT2D eigenvalue weighted by Crippen LogP contribution is -2.21. The number of benzene rings is 3. The first kappa shape index (κ1) is 20.1. The average molecular weight is 393 g/mol. The number of para-hydroxylation sites is 5. The molecule has 0 saturated heterocycles. The van der Waals surface area contributed by atoms with E-state index < -0.39 is 0 Å². The van der Waals surface area contributed by atoms with Crippen molar-refractivity contribution in [3.05, 3.63) is 78.9 Å². The molecule has 6 heteroatoms. The van der Waals surface area contributed by atoms with Gasteiger partial charge >= 0.3 is 0 Å². The van der Waals surface area contributed by atoms with Crippen molar-refractivity contribution in [2.45, 2.75) is 0 Å². The summed E-state index contributed by atoms with van der Waals surface area (Å²) in [6.45, 7) is 0.592. The van der Waals surface area contributed by atoms with E-state index in [9.17, 15) is 4.79 Å². The number of hydrogen-bond donors (Lipinski definition) is 1. The number of nitrogens with one attached hydrogen (secondary N) is 1. The maximum absolute atomic E-state index is 12.3. The molecule has 0 spiro atoms. The summed E-state index contributed by atoms with van der Waals surface area (Å²) < 4.78 is 22.1. The zero-order valence-electron chi connectivity index (χ0n) is 16.2. The summed E-state index contributed by atoms with van der Waals surface area (Å²) in [7, 11) is 1.55. The van der Waals surface area contributed by atoms with Gasteiger partial charge in [0.1, 0.15) is 24.7 Å². The fourth-order valence-corrected chi connectivity index (χ4v) is 2.59. The van der Waals surface area contributed by atoms with Crippen LogP contribution in [0.4, 0.5) is 5.69 Å². The lowest BCUT2D eigenvalue weighted by molar-refractivity contribution is -0.118. The van der Waals surface area contributed by atoms with Crippen molar-refractivity contribution in [2.75, 3.05) is 32.2 Å². The Labute approximate surface area is 170 Å². The van der Waals surface area contributed by atoms with E-state index in [2.05, 4.69) is 5.32 Å². The van der Waals surface area contributed by atoms with Crippen molar-refractivity contribution < 1.29 is 23.7 Å². The molecule has 0 saturated carbocycles. The number of carbonyl (C=O) groups excluding carboxylic acids is 1. The maximum Gasteiger partial charge on any atom is 0.262 e. The van der Waals surface area contributed by atoms with Gasteiger partial charge in [0.2, 0.25) is 0 Å². The smallest absolute Gasteiger partial charge is 0.262 e. The molecule has 1 N–H and O–H groups in total. The second kappa shape index (κ2) is 10.6. The van der Waals surface area contributed by atoms with Gasteiger partial charge in [-0.3, -0.25) is 4.79 Å². The highest BCUT2D eigenvalue weighted by Gasteiger charge is 2.10. The molecule has 3 aromatic carbocycles. The third kappa shape index (κ3) is 6.17. The quantitative estimate of drug-likeness (QED) is 0.524. The molecule has 0 aromatic heterocycles. The van der Waals surface area contributed by atoms with Crippen LogP contribution in [0.5, 0.6) is 23.0 Å². The summed E-state index contributed by atoms with van der Waals surface area (Å²) in [5.74, 6) is 2.13. The normalized spacial score (nSPS) is 10.1. The molecule has 0 unspecified atom stereocenters. The highest BCUT2D eigenvalue weighted by molar-refractivity contribution is 5.93. The van der Waals surface area contributed by atoms with Crippen molar-refractivity contribution in [1.29, 1.82) is 0 Å². The van der Waals surface area contributed by atoms with Crippen molar-refractivity contribution >= 4 is 11.6 Å². The number of amides is 1. The van der Waals surface area contributed by atoms with Gasteiger partial charge in [-0.05, 0) is 36.4 Å². The number of rotatable bonds is 10. The molecule has 6 nitrogen and oxygen atoms in total. The van der Waals surface area contributed by atoms with Gasteiger partial charge in [-0.1, -0.05) is 42.5 Å². The van der Waals surface area contributed by atoms with E-state index >= 15 is 0 Å². The van der Waals surface area contributed by atoms with Crippen LogP contribution in [0.1, 0.15) is 0 Å². The molecule has 0 heterocycles. The van der Waals surface area contributed by atoms with Crippen LogP contribution in [0.25, 0.3) is 0 Å². The van der Waals surface area contributed by atoms with Crippen molar-refractivity contribution in [3.63, 3.8) is 0 Å². The predicted molar refractivity (Wildman–Crippen MR) is 111 cm³/mol. The molecule has 0 aliphatic rings. The average Bonchev–Trinajstić information content (AvgIpc) is 2.77. The number of anilines is 1. The van der Waals surface area contributed by atoms with Gasteiger partial charge in [-0.25, -0.2) is 0 Å². The molecular formula is C23H23NO5. The van der Waals surface area contributed by atoms with Gasteiger partial charge in [0, 0.05) is 0 Å². The Kier molecular flexibility index (Phi) is 7.34. The Hall–Kier alpha value is -3.67. The lowest BCUT2D eigenvalue weighted by atomic mass is 10.3. The van der Waals surface area contributed by atoms with E-state index in [1.165, 1.54) is 0 Å². The molecule has 0 bridgehead atoms. The van der Waals surface area contributed by atoms with E-state index in [0.29, 0.717) is 36.1 Å². The zero-order valence-corrected chi connectivity index (χ0v) is 16.2. The van der Waals surface area contributed by atoms with E-state index in [-0.39, 0.29) is 12.5 Å². The van der Waals surface area contributed by atoms with Crippen LogP contribution in [0.3, 0.4) is 0 Å².